The second-order valence-corrected chi connectivity index (χ2v) is 5.68. The number of hydrogen-bond acceptors (Lipinski definition) is 6. The average Bonchev–Trinajstić information content (AvgIpc) is 3.16. The lowest BCUT2D eigenvalue weighted by Gasteiger charge is -2.17. The maximum Gasteiger partial charge on any atom is 0.283 e. The molecule has 2 aromatic rings. The first-order valence-corrected chi connectivity index (χ1v) is 7.41. The number of ether oxygens (including phenoxy) is 1. The molecule has 1 fully saturated rings. The van der Waals surface area contributed by atoms with Crippen LogP contribution in [0.3, 0.4) is 0 Å². The van der Waals surface area contributed by atoms with Gasteiger partial charge in [0.1, 0.15) is 0 Å². The standard InChI is InChI=1S/C13H16BrN3O3/c1-8(9-4-5-18-7-9)15-6-12-16-17-13(20-12)10-2-3-11(14)19-10/h2-3,8-9,15H,4-7H2,1H3/t8-,9-/m0/s1. The summed E-state index contributed by atoms with van der Waals surface area (Å²) in [5.74, 6) is 2.06. The molecule has 0 radical (unpaired) electrons. The monoisotopic (exact) mass is 341 g/mol. The van der Waals surface area contributed by atoms with Crippen LogP contribution in [0.25, 0.3) is 11.7 Å². The van der Waals surface area contributed by atoms with Crippen molar-refractivity contribution in [3.63, 3.8) is 0 Å². The fraction of sp³-hybridized carbons (Fsp3) is 0.538. The number of aromatic nitrogens is 2. The highest BCUT2D eigenvalue weighted by Crippen LogP contribution is 2.24. The van der Waals surface area contributed by atoms with Crippen molar-refractivity contribution in [3.8, 4) is 11.7 Å². The van der Waals surface area contributed by atoms with Crippen LogP contribution in [0.15, 0.2) is 25.6 Å². The molecule has 7 heteroatoms. The third-order valence-electron chi connectivity index (χ3n) is 3.50. The Morgan fingerprint density at radius 1 is 1.40 bits per heavy atom. The van der Waals surface area contributed by atoms with Gasteiger partial charge in [-0.1, -0.05) is 0 Å². The molecule has 0 aromatic carbocycles. The molecule has 1 aliphatic rings. The van der Waals surface area contributed by atoms with Crippen LogP contribution in [0.2, 0.25) is 0 Å². The van der Waals surface area contributed by atoms with Crippen molar-refractivity contribution in [1.82, 2.24) is 15.5 Å². The smallest absolute Gasteiger partial charge is 0.283 e. The van der Waals surface area contributed by atoms with E-state index in [1.54, 1.807) is 12.1 Å². The van der Waals surface area contributed by atoms with Gasteiger partial charge >= 0.3 is 0 Å². The van der Waals surface area contributed by atoms with Gasteiger partial charge in [-0.25, -0.2) is 0 Å². The predicted octanol–water partition coefficient (Wildman–Crippen LogP) is 2.61. The van der Waals surface area contributed by atoms with Crippen molar-refractivity contribution in [2.75, 3.05) is 13.2 Å². The third-order valence-corrected chi connectivity index (χ3v) is 3.92. The maximum atomic E-state index is 5.57. The van der Waals surface area contributed by atoms with Gasteiger partial charge in [0.15, 0.2) is 10.4 Å². The molecule has 3 rings (SSSR count). The summed E-state index contributed by atoms with van der Waals surface area (Å²) >= 11 is 3.24. The van der Waals surface area contributed by atoms with Gasteiger partial charge in [-0.15, -0.1) is 10.2 Å². The summed E-state index contributed by atoms with van der Waals surface area (Å²) in [6.45, 7) is 4.38. The minimum Gasteiger partial charge on any atom is -0.444 e. The van der Waals surface area contributed by atoms with Crippen LogP contribution in [0.1, 0.15) is 19.2 Å². The second kappa shape index (κ2) is 6.07. The van der Waals surface area contributed by atoms with Crippen LogP contribution in [-0.2, 0) is 11.3 Å². The maximum absolute atomic E-state index is 5.57. The van der Waals surface area contributed by atoms with Gasteiger partial charge in [0.2, 0.25) is 5.89 Å². The Bertz CT molecular complexity index is 563. The Morgan fingerprint density at radius 3 is 3.00 bits per heavy atom. The van der Waals surface area contributed by atoms with Gasteiger partial charge in [-0.3, -0.25) is 0 Å². The molecule has 0 amide bonds. The van der Waals surface area contributed by atoms with E-state index in [0.29, 0.717) is 40.7 Å². The first kappa shape index (κ1) is 13.8. The van der Waals surface area contributed by atoms with Gasteiger partial charge < -0.3 is 18.9 Å². The third kappa shape index (κ3) is 3.11. The van der Waals surface area contributed by atoms with Gasteiger partial charge in [0.25, 0.3) is 5.89 Å². The zero-order valence-electron chi connectivity index (χ0n) is 11.1. The van der Waals surface area contributed by atoms with E-state index >= 15 is 0 Å². The number of nitrogens with zero attached hydrogens (tertiary/aromatic N) is 2. The second-order valence-electron chi connectivity index (χ2n) is 4.90. The molecule has 2 aromatic heterocycles. The molecule has 1 aliphatic heterocycles. The summed E-state index contributed by atoms with van der Waals surface area (Å²) in [5.41, 5.74) is 0. The molecule has 0 spiro atoms. The van der Waals surface area contributed by atoms with E-state index in [4.69, 9.17) is 13.6 Å². The molecule has 0 aliphatic carbocycles. The van der Waals surface area contributed by atoms with Crippen molar-refractivity contribution < 1.29 is 13.6 Å². The SMILES string of the molecule is C[C@H](NCc1nnc(-c2ccc(Br)o2)o1)[C@H]1CCOC1. The molecule has 0 bridgehead atoms. The highest BCUT2D eigenvalue weighted by molar-refractivity contribution is 9.10. The van der Waals surface area contributed by atoms with Gasteiger partial charge in [-0.05, 0) is 47.3 Å². The molecule has 6 nitrogen and oxygen atoms in total. The van der Waals surface area contributed by atoms with Gasteiger partial charge in [0, 0.05) is 12.6 Å². The summed E-state index contributed by atoms with van der Waals surface area (Å²) in [6.07, 6.45) is 1.10. The Labute approximate surface area is 125 Å². The molecular weight excluding hydrogens is 326 g/mol. The molecule has 2 atom stereocenters. The van der Waals surface area contributed by atoms with Crippen LogP contribution in [0.4, 0.5) is 0 Å². The lowest BCUT2D eigenvalue weighted by Crippen LogP contribution is -2.33. The molecule has 1 N–H and O–H groups in total. The van der Waals surface area contributed by atoms with Crippen LogP contribution in [-0.4, -0.2) is 29.5 Å². The van der Waals surface area contributed by atoms with Crippen molar-refractivity contribution in [3.05, 3.63) is 22.7 Å². The highest BCUT2D eigenvalue weighted by Gasteiger charge is 2.22. The molecule has 20 heavy (non-hydrogen) atoms. The Kier molecular flexibility index (Phi) is 4.18. The lowest BCUT2D eigenvalue weighted by molar-refractivity contribution is 0.177. The normalized spacial score (nSPS) is 20.4. The van der Waals surface area contributed by atoms with Crippen molar-refractivity contribution in [2.24, 2.45) is 5.92 Å². The minimum atomic E-state index is 0.366. The molecule has 3 heterocycles. The van der Waals surface area contributed by atoms with E-state index in [9.17, 15) is 0 Å². The van der Waals surface area contributed by atoms with Crippen molar-refractivity contribution in [2.45, 2.75) is 25.9 Å². The van der Waals surface area contributed by atoms with Crippen LogP contribution in [0.5, 0.6) is 0 Å². The number of hydrogen-bond donors (Lipinski definition) is 1. The van der Waals surface area contributed by atoms with Crippen LogP contribution < -0.4 is 5.32 Å². The van der Waals surface area contributed by atoms with E-state index < -0.39 is 0 Å². The molecule has 0 unspecified atom stereocenters. The lowest BCUT2D eigenvalue weighted by atomic mass is 10.0. The number of rotatable bonds is 5. The predicted molar refractivity (Wildman–Crippen MR) is 74.9 cm³/mol. The molecular formula is C13H16BrN3O3. The summed E-state index contributed by atoms with van der Waals surface area (Å²) in [7, 11) is 0. The average molecular weight is 342 g/mol. The topological polar surface area (TPSA) is 73.3 Å². The minimum absolute atomic E-state index is 0.366. The van der Waals surface area contributed by atoms with Crippen LogP contribution >= 0.6 is 15.9 Å². The Hall–Kier alpha value is -1.18. The highest BCUT2D eigenvalue weighted by atomic mass is 79.9. The zero-order chi connectivity index (χ0) is 13.9. The first-order valence-electron chi connectivity index (χ1n) is 6.61. The van der Waals surface area contributed by atoms with E-state index in [1.807, 2.05) is 0 Å². The van der Waals surface area contributed by atoms with Gasteiger partial charge in [0.05, 0.1) is 13.2 Å². The number of furan rings is 1. The fourth-order valence-corrected chi connectivity index (χ4v) is 2.52. The molecule has 0 saturated carbocycles. The zero-order valence-corrected chi connectivity index (χ0v) is 12.7. The summed E-state index contributed by atoms with van der Waals surface area (Å²) in [5, 5.41) is 11.4. The Morgan fingerprint density at radius 2 is 2.30 bits per heavy atom. The number of halogens is 1. The number of nitrogens with one attached hydrogen (secondary N) is 1. The van der Waals surface area contributed by atoms with E-state index in [0.717, 1.165) is 19.6 Å². The first-order chi connectivity index (χ1) is 9.72. The van der Waals surface area contributed by atoms with Gasteiger partial charge in [-0.2, -0.15) is 0 Å². The largest absolute Gasteiger partial charge is 0.444 e. The summed E-state index contributed by atoms with van der Waals surface area (Å²) in [6, 6.07) is 3.94. The van der Waals surface area contributed by atoms with E-state index in [1.165, 1.54) is 0 Å². The van der Waals surface area contributed by atoms with Crippen molar-refractivity contribution in [1.29, 1.82) is 0 Å². The van der Waals surface area contributed by atoms with Crippen molar-refractivity contribution >= 4 is 15.9 Å². The van der Waals surface area contributed by atoms with E-state index in [-0.39, 0.29) is 0 Å². The van der Waals surface area contributed by atoms with E-state index in [2.05, 4.69) is 38.4 Å². The molecule has 108 valence electrons. The van der Waals surface area contributed by atoms with Crippen LogP contribution in [0, 0.1) is 5.92 Å². The fourth-order valence-electron chi connectivity index (χ4n) is 2.22. The summed E-state index contributed by atoms with van der Waals surface area (Å²) in [4.78, 5) is 0. The quantitative estimate of drug-likeness (QED) is 0.900. The summed E-state index contributed by atoms with van der Waals surface area (Å²) < 4.78 is 17.0. The molecule has 1 saturated heterocycles. The Balaban J connectivity index is 1.57.